The average molecular weight is 403 g/mol. The van der Waals surface area contributed by atoms with Gasteiger partial charge in [-0.05, 0) is 48.4 Å². The van der Waals surface area contributed by atoms with Gasteiger partial charge in [-0.25, -0.2) is 14.1 Å². The number of benzene rings is 2. The molecule has 2 aromatic heterocycles. The van der Waals surface area contributed by atoms with Crippen molar-refractivity contribution in [1.82, 2.24) is 19.7 Å². The second-order valence-electron chi connectivity index (χ2n) is 7.17. The molecule has 0 aliphatic carbocycles. The van der Waals surface area contributed by atoms with Crippen molar-refractivity contribution in [3.8, 4) is 23.3 Å². The quantitative estimate of drug-likeness (QED) is 0.561. The summed E-state index contributed by atoms with van der Waals surface area (Å²) in [4.78, 5) is 8.03. The first-order chi connectivity index (χ1) is 14.6. The predicted octanol–water partition coefficient (Wildman–Crippen LogP) is 3.87. The molecule has 150 valence electrons. The van der Waals surface area contributed by atoms with E-state index in [2.05, 4.69) is 16.2 Å². The molecule has 0 radical (unpaired) electrons. The van der Waals surface area contributed by atoms with Crippen LogP contribution in [0.1, 0.15) is 28.6 Å². The molecule has 3 heterocycles. The molecule has 0 amide bonds. The maximum absolute atomic E-state index is 13.5. The van der Waals surface area contributed by atoms with Crippen molar-refractivity contribution in [2.45, 2.75) is 19.6 Å². The lowest BCUT2D eigenvalue weighted by Crippen LogP contribution is -2.24. The molecule has 30 heavy (non-hydrogen) atoms. The fourth-order valence-electron chi connectivity index (χ4n) is 3.93. The van der Waals surface area contributed by atoms with E-state index >= 15 is 0 Å². The van der Waals surface area contributed by atoms with Crippen LogP contribution in [0.25, 0.3) is 22.4 Å². The van der Waals surface area contributed by atoms with Crippen LogP contribution in [0.15, 0.2) is 36.4 Å². The van der Waals surface area contributed by atoms with E-state index in [4.69, 9.17) is 14.5 Å². The van der Waals surface area contributed by atoms with Crippen LogP contribution >= 0.6 is 0 Å². The van der Waals surface area contributed by atoms with Gasteiger partial charge in [-0.1, -0.05) is 6.07 Å². The van der Waals surface area contributed by atoms with Crippen LogP contribution in [-0.2, 0) is 11.3 Å². The molecule has 0 saturated heterocycles. The normalized spacial score (nSPS) is 15.7. The van der Waals surface area contributed by atoms with E-state index in [1.165, 1.54) is 12.1 Å². The first kappa shape index (κ1) is 18.3. The number of aromatic amines is 1. The first-order valence-corrected chi connectivity index (χ1v) is 9.51. The van der Waals surface area contributed by atoms with Crippen molar-refractivity contribution in [3.05, 3.63) is 64.7 Å². The van der Waals surface area contributed by atoms with Crippen LogP contribution in [-0.4, -0.2) is 33.5 Å². The van der Waals surface area contributed by atoms with Gasteiger partial charge in [0.1, 0.15) is 23.7 Å². The Morgan fingerprint density at radius 3 is 2.93 bits per heavy atom. The van der Waals surface area contributed by atoms with E-state index in [1.807, 2.05) is 23.7 Å². The number of hydrogen-bond acceptors (Lipinski definition) is 5. The third-order valence-electron chi connectivity index (χ3n) is 5.36. The van der Waals surface area contributed by atoms with Crippen LogP contribution in [0.5, 0.6) is 5.75 Å². The third kappa shape index (κ3) is 2.83. The minimum Gasteiger partial charge on any atom is -0.495 e. The zero-order valence-corrected chi connectivity index (χ0v) is 16.4. The number of aryl methyl sites for hydroxylation is 1. The number of ether oxygens (including phenoxy) is 2. The summed E-state index contributed by atoms with van der Waals surface area (Å²) < 4.78 is 26.8. The minimum atomic E-state index is -0.412. The highest BCUT2D eigenvalue weighted by molar-refractivity contribution is 5.92. The smallest absolute Gasteiger partial charge is 0.197 e. The number of H-pyrrole nitrogens is 1. The topological polar surface area (TPSA) is 88.8 Å². The van der Waals surface area contributed by atoms with Gasteiger partial charge in [0.2, 0.25) is 0 Å². The number of nitrogens with zero attached hydrogens (tertiary/aromatic N) is 4. The Morgan fingerprint density at radius 2 is 2.17 bits per heavy atom. The highest BCUT2D eigenvalue weighted by atomic mass is 19.1. The lowest BCUT2D eigenvalue weighted by Gasteiger charge is -2.24. The van der Waals surface area contributed by atoms with Gasteiger partial charge in [0.25, 0.3) is 0 Å². The Balaban J connectivity index is 1.60. The number of nitriles is 1. The largest absolute Gasteiger partial charge is 0.495 e. The molecule has 1 aliphatic heterocycles. The highest BCUT2D eigenvalue weighted by Gasteiger charge is 2.28. The number of methoxy groups -OCH3 is 1. The molecule has 8 heteroatoms. The van der Waals surface area contributed by atoms with Crippen LogP contribution < -0.4 is 4.74 Å². The monoisotopic (exact) mass is 403 g/mol. The molecule has 4 aromatic rings. The van der Waals surface area contributed by atoms with Gasteiger partial charge < -0.3 is 14.5 Å². The highest BCUT2D eigenvalue weighted by Crippen LogP contribution is 2.35. The number of nitrogens with one attached hydrogen (secondary N) is 1. The fourth-order valence-corrected chi connectivity index (χ4v) is 3.93. The molecule has 0 bridgehead atoms. The third-order valence-corrected chi connectivity index (χ3v) is 5.36. The molecule has 0 unspecified atom stereocenters. The van der Waals surface area contributed by atoms with Crippen LogP contribution in [0.4, 0.5) is 4.39 Å². The molecule has 1 aliphatic rings. The maximum atomic E-state index is 13.5. The fraction of sp³-hybridized carbons (Fsp3) is 0.227. The molecule has 0 fully saturated rings. The Kier molecular flexibility index (Phi) is 4.26. The van der Waals surface area contributed by atoms with Crippen molar-refractivity contribution in [2.75, 3.05) is 13.7 Å². The summed E-state index contributed by atoms with van der Waals surface area (Å²) in [5.41, 5.74) is 3.68. The summed E-state index contributed by atoms with van der Waals surface area (Å²) in [6.07, 6.45) is -0.412. The predicted molar refractivity (Wildman–Crippen MR) is 108 cm³/mol. The molecule has 7 nitrogen and oxygen atoms in total. The van der Waals surface area contributed by atoms with E-state index in [1.54, 1.807) is 19.2 Å². The average Bonchev–Trinajstić information content (AvgIpc) is 3.37. The number of aromatic nitrogens is 4. The zero-order chi connectivity index (χ0) is 20.8. The summed E-state index contributed by atoms with van der Waals surface area (Å²) in [7, 11) is 1.54. The molecule has 2 aromatic carbocycles. The van der Waals surface area contributed by atoms with Gasteiger partial charge in [0.15, 0.2) is 11.6 Å². The van der Waals surface area contributed by atoms with Crippen LogP contribution in [0.2, 0.25) is 0 Å². The van der Waals surface area contributed by atoms with Gasteiger partial charge in [-0.3, -0.25) is 0 Å². The second-order valence-corrected chi connectivity index (χ2v) is 7.17. The number of fused-ring (bicyclic) bond motifs is 2. The number of hydrogen-bond donors (Lipinski definition) is 1. The van der Waals surface area contributed by atoms with Crippen LogP contribution in [0.3, 0.4) is 0 Å². The summed E-state index contributed by atoms with van der Waals surface area (Å²) in [5, 5.41) is 14.8. The lowest BCUT2D eigenvalue weighted by molar-refractivity contribution is 0.0386. The van der Waals surface area contributed by atoms with E-state index in [-0.39, 0.29) is 5.82 Å². The Hall–Kier alpha value is -3.70. The lowest BCUT2D eigenvalue weighted by atomic mass is 10.0. The molecular formula is C22H18FN5O2. The number of rotatable bonds is 3. The summed E-state index contributed by atoms with van der Waals surface area (Å²) in [6.45, 7) is 2.93. The molecule has 0 saturated carbocycles. The van der Waals surface area contributed by atoms with Gasteiger partial charge in [0.05, 0.1) is 31.5 Å². The van der Waals surface area contributed by atoms with Crippen molar-refractivity contribution >= 4 is 10.9 Å². The SMILES string of the molecule is COc1c(C#N)ccc2[nH]c(-c3nc4n(n3)CCO[C@H]4c3ccc(F)cc3C)cc12. The zero-order valence-electron chi connectivity index (χ0n) is 16.4. The van der Waals surface area contributed by atoms with E-state index < -0.39 is 6.10 Å². The Bertz CT molecular complexity index is 1320. The van der Waals surface area contributed by atoms with E-state index in [0.29, 0.717) is 36.1 Å². The van der Waals surface area contributed by atoms with Crippen molar-refractivity contribution in [1.29, 1.82) is 5.26 Å². The van der Waals surface area contributed by atoms with Gasteiger partial charge in [0, 0.05) is 10.9 Å². The Morgan fingerprint density at radius 1 is 1.30 bits per heavy atom. The summed E-state index contributed by atoms with van der Waals surface area (Å²) in [5.74, 6) is 1.44. The van der Waals surface area contributed by atoms with Gasteiger partial charge >= 0.3 is 0 Å². The Labute approximate surface area is 171 Å². The van der Waals surface area contributed by atoms with E-state index in [9.17, 15) is 9.65 Å². The molecule has 5 rings (SSSR count). The summed E-state index contributed by atoms with van der Waals surface area (Å²) >= 11 is 0. The molecular weight excluding hydrogens is 385 g/mol. The molecule has 1 N–H and O–H groups in total. The van der Waals surface area contributed by atoms with Crippen molar-refractivity contribution in [3.63, 3.8) is 0 Å². The van der Waals surface area contributed by atoms with Crippen molar-refractivity contribution < 1.29 is 13.9 Å². The van der Waals surface area contributed by atoms with E-state index in [0.717, 1.165) is 27.7 Å². The first-order valence-electron chi connectivity index (χ1n) is 9.51. The number of halogens is 1. The second kappa shape index (κ2) is 6.97. The summed E-state index contributed by atoms with van der Waals surface area (Å²) in [6, 6.07) is 12.2. The van der Waals surface area contributed by atoms with Gasteiger partial charge in [-0.2, -0.15) is 5.26 Å². The maximum Gasteiger partial charge on any atom is 0.197 e. The molecule has 0 spiro atoms. The standard InChI is InChI=1S/C22H18FN5O2/c1-12-9-14(23)4-5-15(12)20-22-26-21(27-28(22)7-8-30-20)18-10-16-17(25-18)6-3-13(11-24)19(16)29-2/h3-6,9-10,20,25H,7-8H2,1-2H3/t20-/m0/s1. The van der Waals surface area contributed by atoms with Crippen LogP contribution in [0, 0.1) is 24.1 Å². The molecule has 1 atom stereocenters. The van der Waals surface area contributed by atoms with Crippen molar-refractivity contribution in [2.24, 2.45) is 0 Å². The van der Waals surface area contributed by atoms with Gasteiger partial charge in [-0.15, -0.1) is 5.10 Å². The minimum absolute atomic E-state index is 0.280.